The SMILES string of the molecule is CCc1cc2c(=O)n(CC(=O)c3ccc(Br)cc3)c(=S)[nH]c2s1. The molecular weight excluding hydrogens is 396 g/mol. The normalized spacial score (nSPS) is 11.0. The molecule has 3 aromatic rings. The molecule has 0 fully saturated rings. The fourth-order valence-corrected chi connectivity index (χ4v) is 3.85. The Hall–Kier alpha value is -1.57. The Morgan fingerprint density at radius 3 is 2.70 bits per heavy atom. The molecule has 7 heteroatoms. The standard InChI is InChI=1S/C16H13BrN2O2S2/c1-2-11-7-12-14(23-11)18-16(22)19(15(12)21)8-13(20)9-3-5-10(17)6-4-9/h3-7H,2,8H2,1H3,(H,18,22). The molecule has 2 aromatic heterocycles. The predicted molar refractivity (Wildman–Crippen MR) is 99.1 cm³/mol. The van der Waals surface area contributed by atoms with E-state index in [9.17, 15) is 9.59 Å². The number of fused-ring (bicyclic) bond motifs is 1. The van der Waals surface area contributed by atoms with Crippen molar-refractivity contribution in [1.29, 1.82) is 0 Å². The fourth-order valence-electron chi connectivity index (χ4n) is 2.28. The average Bonchev–Trinajstić information content (AvgIpc) is 2.95. The smallest absolute Gasteiger partial charge is 0.263 e. The third kappa shape index (κ3) is 3.22. The van der Waals surface area contributed by atoms with Gasteiger partial charge in [-0.2, -0.15) is 0 Å². The Bertz CT molecular complexity index is 1000. The van der Waals surface area contributed by atoms with Crippen molar-refractivity contribution in [3.05, 3.63) is 60.4 Å². The summed E-state index contributed by atoms with van der Waals surface area (Å²) in [5.74, 6) is -0.149. The molecule has 3 rings (SSSR count). The third-order valence-corrected chi connectivity index (χ3v) is 5.59. The van der Waals surface area contributed by atoms with Crippen LogP contribution < -0.4 is 5.56 Å². The van der Waals surface area contributed by atoms with E-state index < -0.39 is 0 Å². The van der Waals surface area contributed by atoms with Crippen LogP contribution in [0, 0.1) is 4.77 Å². The zero-order valence-electron chi connectivity index (χ0n) is 12.3. The zero-order valence-corrected chi connectivity index (χ0v) is 15.5. The van der Waals surface area contributed by atoms with Crippen molar-refractivity contribution in [2.75, 3.05) is 0 Å². The summed E-state index contributed by atoms with van der Waals surface area (Å²) >= 11 is 10.1. The number of H-pyrrole nitrogens is 1. The van der Waals surface area contributed by atoms with Crippen molar-refractivity contribution >= 4 is 55.5 Å². The van der Waals surface area contributed by atoms with E-state index in [1.165, 1.54) is 15.9 Å². The molecule has 0 aliphatic heterocycles. The van der Waals surface area contributed by atoms with Crippen molar-refractivity contribution in [3.63, 3.8) is 0 Å². The van der Waals surface area contributed by atoms with Gasteiger partial charge in [-0.05, 0) is 36.8 Å². The van der Waals surface area contributed by atoms with Gasteiger partial charge in [0.05, 0.1) is 11.9 Å². The lowest BCUT2D eigenvalue weighted by Crippen LogP contribution is -2.25. The van der Waals surface area contributed by atoms with Crippen LogP contribution in [0.3, 0.4) is 0 Å². The number of Topliss-reactive ketones (excluding diaryl/α,β-unsaturated/α-hetero) is 1. The minimum absolute atomic E-state index is 0.0664. The predicted octanol–water partition coefficient (Wildman–Crippen LogP) is 4.33. The number of hydrogen-bond donors (Lipinski definition) is 1. The maximum atomic E-state index is 12.6. The molecule has 0 radical (unpaired) electrons. The molecule has 0 bridgehead atoms. The molecule has 1 aromatic carbocycles. The molecule has 0 amide bonds. The van der Waals surface area contributed by atoms with Gasteiger partial charge in [-0.1, -0.05) is 35.0 Å². The number of aryl methyl sites for hydroxylation is 1. The molecule has 118 valence electrons. The summed E-state index contributed by atoms with van der Waals surface area (Å²) in [7, 11) is 0. The number of ketones is 1. The van der Waals surface area contributed by atoms with Crippen LogP contribution in [0.2, 0.25) is 0 Å². The monoisotopic (exact) mass is 408 g/mol. The quantitative estimate of drug-likeness (QED) is 0.516. The van der Waals surface area contributed by atoms with E-state index >= 15 is 0 Å². The van der Waals surface area contributed by atoms with Crippen molar-refractivity contribution in [2.24, 2.45) is 0 Å². The second-order valence-electron chi connectivity index (χ2n) is 5.06. The lowest BCUT2D eigenvalue weighted by molar-refractivity contribution is 0.0970. The number of nitrogens with zero attached hydrogens (tertiary/aromatic N) is 1. The van der Waals surface area contributed by atoms with Crippen molar-refractivity contribution < 1.29 is 4.79 Å². The third-order valence-electron chi connectivity index (χ3n) is 3.54. The minimum Gasteiger partial charge on any atom is -0.323 e. The maximum absolute atomic E-state index is 12.6. The van der Waals surface area contributed by atoms with Gasteiger partial charge >= 0.3 is 0 Å². The van der Waals surface area contributed by atoms with E-state index in [1.807, 2.05) is 13.0 Å². The van der Waals surface area contributed by atoms with Gasteiger partial charge in [0.15, 0.2) is 10.6 Å². The summed E-state index contributed by atoms with van der Waals surface area (Å²) < 4.78 is 2.50. The Kier molecular flexibility index (Phi) is 4.61. The first kappa shape index (κ1) is 16.3. The van der Waals surface area contributed by atoms with Crippen LogP contribution >= 0.6 is 39.5 Å². The summed E-state index contributed by atoms with van der Waals surface area (Å²) in [5, 5.41) is 0.587. The van der Waals surface area contributed by atoms with E-state index in [1.54, 1.807) is 24.3 Å². The summed E-state index contributed by atoms with van der Waals surface area (Å²) in [5.41, 5.74) is 0.333. The highest BCUT2D eigenvalue weighted by Crippen LogP contribution is 2.21. The van der Waals surface area contributed by atoms with E-state index in [2.05, 4.69) is 20.9 Å². The largest absolute Gasteiger partial charge is 0.323 e. The number of carbonyl (C=O) groups excluding carboxylic acids is 1. The first-order valence-corrected chi connectivity index (χ1v) is 9.05. The first-order chi connectivity index (χ1) is 11.0. The van der Waals surface area contributed by atoms with Crippen LogP contribution in [-0.4, -0.2) is 15.3 Å². The number of halogens is 1. The molecule has 0 atom stereocenters. The van der Waals surface area contributed by atoms with Crippen LogP contribution in [0.25, 0.3) is 10.2 Å². The number of aromatic amines is 1. The average molecular weight is 409 g/mol. The van der Waals surface area contributed by atoms with Crippen LogP contribution in [-0.2, 0) is 13.0 Å². The van der Waals surface area contributed by atoms with Gasteiger partial charge < -0.3 is 4.98 Å². The van der Waals surface area contributed by atoms with E-state index in [0.717, 1.165) is 20.6 Å². The van der Waals surface area contributed by atoms with E-state index in [-0.39, 0.29) is 22.7 Å². The topological polar surface area (TPSA) is 54.9 Å². The van der Waals surface area contributed by atoms with Crippen molar-refractivity contribution in [3.8, 4) is 0 Å². The first-order valence-electron chi connectivity index (χ1n) is 7.04. The number of benzene rings is 1. The number of hydrogen-bond acceptors (Lipinski definition) is 4. The molecule has 0 unspecified atom stereocenters. The molecule has 0 saturated carbocycles. The van der Waals surface area contributed by atoms with E-state index in [4.69, 9.17) is 12.2 Å². The van der Waals surface area contributed by atoms with Gasteiger partial charge in [0.25, 0.3) is 5.56 Å². The Balaban J connectivity index is 2.02. The molecule has 1 N–H and O–H groups in total. The molecular formula is C16H13BrN2O2S2. The highest BCUT2D eigenvalue weighted by Gasteiger charge is 2.13. The molecule has 23 heavy (non-hydrogen) atoms. The molecule has 0 saturated heterocycles. The molecule has 0 aliphatic rings. The van der Waals surface area contributed by atoms with Crippen LogP contribution in [0.5, 0.6) is 0 Å². The van der Waals surface area contributed by atoms with Crippen LogP contribution in [0.1, 0.15) is 22.2 Å². The lowest BCUT2D eigenvalue weighted by atomic mass is 10.1. The molecule has 0 spiro atoms. The molecule has 4 nitrogen and oxygen atoms in total. The van der Waals surface area contributed by atoms with Crippen LogP contribution in [0.4, 0.5) is 0 Å². The highest BCUT2D eigenvalue weighted by atomic mass is 79.9. The number of carbonyl (C=O) groups is 1. The summed E-state index contributed by atoms with van der Waals surface area (Å²) in [6.45, 7) is 1.97. The van der Waals surface area contributed by atoms with Gasteiger partial charge in [0.2, 0.25) is 0 Å². The van der Waals surface area contributed by atoms with Gasteiger partial charge in [-0.15, -0.1) is 11.3 Å². The number of aromatic nitrogens is 2. The van der Waals surface area contributed by atoms with Gasteiger partial charge in [-0.3, -0.25) is 14.2 Å². The van der Waals surface area contributed by atoms with Crippen molar-refractivity contribution in [1.82, 2.24) is 9.55 Å². The summed E-state index contributed by atoms with van der Waals surface area (Å²) in [6, 6.07) is 8.91. The Morgan fingerprint density at radius 1 is 1.35 bits per heavy atom. The summed E-state index contributed by atoms with van der Waals surface area (Å²) in [4.78, 5) is 30.0. The Labute approximate surface area is 149 Å². The second kappa shape index (κ2) is 6.51. The van der Waals surface area contributed by atoms with Crippen molar-refractivity contribution in [2.45, 2.75) is 19.9 Å². The molecule has 0 aliphatic carbocycles. The van der Waals surface area contributed by atoms with Gasteiger partial charge in [0.1, 0.15) is 4.83 Å². The minimum atomic E-state index is -0.217. The van der Waals surface area contributed by atoms with Gasteiger partial charge in [-0.25, -0.2) is 0 Å². The fraction of sp³-hybridized carbons (Fsp3) is 0.188. The van der Waals surface area contributed by atoms with Crippen LogP contribution in [0.15, 0.2) is 39.6 Å². The zero-order chi connectivity index (χ0) is 16.6. The summed E-state index contributed by atoms with van der Waals surface area (Å²) in [6.07, 6.45) is 0.858. The maximum Gasteiger partial charge on any atom is 0.263 e. The number of nitrogens with one attached hydrogen (secondary N) is 1. The number of thiophene rings is 1. The van der Waals surface area contributed by atoms with E-state index in [0.29, 0.717) is 10.9 Å². The van der Waals surface area contributed by atoms with Gasteiger partial charge in [0, 0.05) is 14.9 Å². The number of rotatable bonds is 4. The molecule has 2 heterocycles. The second-order valence-corrected chi connectivity index (χ2v) is 7.50. The Morgan fingerprint density at radius 2 is 2.04 bits per heavy atom. The highest BCUT2D eigenvalue weighted by molar-refractivity contribution is 9.10. The lowest BCUT2D eigenvalue weighted by Gasteiger charge is -2.06.